The largest absolute Gasteiger partial charge is 0.482 e. The zero-order valence-corrected chi connectivity index (χ0v) is 24.7. The van der Waals surface area contributed by atoms with Crippen molar-refractivity contribution in [3.05, 3.63) is 47.3 Å². The molecule has 0 aromatic carbocycles. The van der Waals surface area contributed by atoms with E-state index in [2.05, 4.69) is 22.0 Å². The first kappa shape index (κ1) is 26.7. The van der Waals surface area contributed by atoms with Gasteiger partial charge in [-0.1, -0.05) is 0 Å². The number of nitrogens with zero attached hydrogens (tertiary/aromatic N) is 5. The van der Waals surface area contributed by atoms with Crippen LogP contribution in [0.15, 0.2) is 30.3 Å². The number of methoxy groups -OCH3 is 1. The van der Waals surface area contributed by atoms with E-state index in [1.807, 2.05) is 41.3 Å². The normalized spacial score (nSPS) is 28.5. The lowest BCUT2D eigenvalue weighted by Crippen LogP contribution is -2.40. The maximum Gasteiger partial charge on any atom is 0.254 e. The van der Waals surface area contributed by atoms with Crippen molar-refractivity contribution in [3.63, 3.8) is 0 Å². The average molecular weight is 584 g/mol. The third kappa shape index (κ3) is 4.23. The van der Waals surface area contributed by atoms with Gasteiger partial charge >= 0.3 is 0 Å². The van der Waals surface area contributed by atoms with Crippen LogP contribution < -0.4 is 15.8 Å². The van der Waals surface area contributed by atoms with E-state index in [9.17, 15) is 9.59 Å². The minimum atomic E-state index is -0.250. The predicted molar refractivity (Wildman–Crippen MR) is 160 cm³/mol. The molecule has 8 rings (SSSR count). The van der Waals surface area contributed by atoms with Crippen molar-refractivity contribution >= 4 is 28.5 Å². The molecule has 6 atom stereocenters. The average Bonchev–Trinajstić information content (AvgIpc) is 3.27. The fourth-order valence-electron chi connectivity index (χ4n) is 7.69. The number of fused-ring (bicyclic) bond motifs is 5. The Kier molecular flexibility index (Phi) is 6.06. The van der Waals surface area contributed by atoms with Gasteiger partial charge in [-0.2, -0.15) is 0 Å². The van der Waals surface area contributed by atoms with Crippen molar-refractivity contribution in [2.75, 3.05) is 20.3 Å². The van der Waals surface area contributed by atoms with E-state index >= 15 is 0 Å². The van der Waals surface area contributed by atoms with E-state index in [1.165, 1.54) is 0 Å². The van der Waals surface area contributed by atoms with E-state index in [-0.39, 0.29) is 42.6 Å². The number of hydrogen-bond donors (Lipinski definition) is 2. The van der Waals surface area contributed by atoms with Crippen LogP contribution in [0.2, 0.25) is 0 Å². The number of carbonyl (C=O) groups excluding carboxylic acids is 2. The molecule has 43 heavy (non-hydrogen) atoms. The molecule has 4 aliphatic rings. The van der Waals surface area contributed by atoms with Crippen LogP contribution in [0, 0.1) is 18.8 Å². The van der Waals surface area contributed by atoms with Crippen LogP contribution >= 0.6 is 0 Å². The number of nitrogens with two attached hydrogens (primary N) is 1. The Morgan fingerprint density at radius 3 is 2.77 bits per heavy atom. The molecule has 3 fully saturated rings. The van der Waals surface area contributed by atoms with Crippen LogP contribution in [0.5, 0.6) is 5.88 Å². The zero-order chi connectivity index (χ0) is 29.6. The molecule has 4 bridgehead atoms. The van der Waals surface area contributed by atoms with Gasteiger partial charge in [0.1, 0.15) is 23.6 Å². The molecular formula is C32H37N7O4. The highest BCUT2D eigenvalue weighted by Crippen LogP contribution is 2.43. The van der Waals surface area contributed by atoms with Crippen LogP contribution in [0.25, 0.3) is 28.1 Å². The topological polar surface area (TPSA) is 129 Å². The highest BCUT2D eigenvalue weighted by Gasteiger charge is 2.47. The molecule has 0 unspecified atom stereocenters. The number of pyridine rings is 2. The SMILES string of the molecule is COc1cc(C(=O)N2[C@H]3CC[C@@H]2[C@H](N)C3)cc2nc(-c3cc4ccc5nc4n3C[C@@H]3C[C@H]3COCC(=O)N[C@@H]5C)c(C)n12. The third-order valence-corrected chi connectivity index (χ3v) is 10.1. The van der Waals surface area contributed by atoms with E-state index < -0.39 is 0 Å². The summed E-state index contributed by atoms with van der Waals surface area (Å²) in [6.45, 7) is 5.39. The molecule has 2 amide bonds. The molecule has 1 saturated carbocycles. The molecule has 3 N–H and O–H groups in total. The molecule has 4 aromatic rings. The molecule has 224 valence electrons. The van der Waals surface area contributed by atoms with Crippen molar-refractivity contribution in [2.45, 2.75) is 70.2 Å². The molecule has 0 spiro atoms. The van der Waals surface area contributed by atoms with Gasteiger partial charge in [0.25, 0.3) is 5.91 Å². The first-order valence-corrected chi connectivity index (χ1v) is 15.3. The van der Waals surface area contributed by atoms with Gasteiger partial charge in [0.2, 0.25) is 5.91 Å². The van der Waals surface area contributed by atoms with Crippen molar-refractivity contribution in [2.24, 2.45) is 17.6 Å². The first-order valence-electron chi connectivity index (χ1n) is 15.3. The van der Waals surface area contributed by atoms with E-state index in [4.69, 9.17) is 25.2 Å². The third-order valence-electron chi connectivity index (χ3n) is 10.1. The lowest BCUT2D eigenvalue weighted by Gasteiger charge is -2.23. The van der Waals surface area contributed by atoms with Crippen molar-refractivity contribution < 1.29 is 19.1 Å². The second kappa shape index (κ2) is 9.78. The number of hydrogen-bond acceptors (Lipinski definition) is 7. The Hall–Kier alpha value is -3.96. The molecule has 3 aliphatic heterocycles. The minimum absolute atomic E-state index is 0.00476. The van der Waals surface area contributed by atoms with Crippen LogP contribution in [-0.2, 0) is 16.1 Å². The summed E-state index contributed by atoms with van der Waals surface area (Å²) in [6.07, 6.45) is 3.88. The maximum atomic E-state index is 13.8. The highest BCUT2D eigenvalue weighted by molar-refractivity contribution is 5.97. The van der Waals surface area contributed by atoms with Crippen molar-refractivity contribution in [1.82, 2.24) is 29.2 Å². The molecule has 2 saturated heterocycles. The number of imidazole rings is 1. The molecule has 0 radical (unpaired) electrons. The van der Waals surface area contributed by atoms with Gasteiger partial charge in [-0.15, -0.1) is 0 Å². The number of amides is 2. The Morgan fingerprint density at radius 1 is 1.14 bits per heavy atom. The summed E-state index contributed by atoms with van der Waals surface area (Å²) >= 11 is 0. The molecular weight excluding hydrogens is 546 g/mol. The van der Waals surface area contributed by atoms with Crippen LogP contribution in [0.4, 0.5) is 0 Å². The fourth-order valence-corrected chi connectivity index (χ4v) is 7.69. The predicted octanol–water partition coefficient (Wildman–Crippen LogP) is 3.22. The quantitative estimate of drug-likeness (QED) is 0.379. The summed E-state index contributed by atoms with van der Waals surface area (Å²) in [6, 6.07) is 9.98. The minimum Gasteiger partial charge on any atom is -0.482 e. The molecule has 11 nitrogen and oxygen atoms in total. The van der Waals surface area contributed by atoms with Gasteiger partial charge in [-0.05, 0) is 75.6 Å². The van der Waals surface area contributed by atoms with E-state index in [0.717, 1.165) is 66.0 Å². The summed E-state index contributed by atoms with van der Waals surface area (Å²) in [5.41, 5.74) is 12.0. The van der Waals surface area contributed by atoms with Crippen LogP contribution in [-0.4, -0.2) is 74.1 Å². The second-order valence-electron chi connectivity index (χ2n) is 12.8. The highest BCUT2D eigenvalue weighted by atomic mass is 16.5. The Labute approximate surface area is 249 Å². The lowest BCUT2D eigenvalue weighted by atomic mass is 9.97. The zero-order valence-electron chi connectivity index (χ0n) is 24.7. The summed E-state index contributed by atoms with van der Waals surface area (Å²) in [5.74, 6) is 1.27. The van der Waals surface area contributed by atoms with Crippen LogP contribution in [0.3, 0.4) is 0 Å². The first-order chi connectivity index (χ1) is 20.8. The second-order valence-corrected chi connectivity index (χ2v) is 12.8. The number of aromatic nitrogens is 4. The molecule has 11 heteroatoms. The van der Waals surface area contributed by atoms with Gasteiger partial charge < -0.3 is 30.0 Å². The number of ether oxygens (including phenoxy) is 2. The maximum absolute atomic E-state index is 13.8. The molecule has 7 heterocycles. The smallest absolute Gasteiger partial charge is 0.254 e. The number of rotatable bonds is 3. The van der Waals surface area contributed by atoms with Gasteiger partial charge in [0, 0.05) is 41.7 Å². The van der Waals surface area contributed by atoms with Crippen molar-refractivity contribution in [3.8, 4) is 17.3 Å². The summed E-state index contributed by atoms with van der Waals surface area (Å²) < 4.78 is 15.8. The number of aryl methyl sites for hydroxylation is 1. The summed E-state index contributed by atoms with van der Waals surface area (Å²) in [7, 11) is 1.63. The number of carbonyl (C=O) groups is 2. The van der Waals surface area contributed by atoms with Gasteiger partial charge in [-0.3, -0.25) is 14.0 Å². The van der Waals surface area contributed by atoms with Gasteiger partial charge in [0.15, 0.2) is 5.88 Å². The lowest BCUT2D eigenvalue weighted by molar-refractivity contribution is -0.126. The monoisotopic (exact) mass is 583 g/mol. The van der Waals surface area contributed by atoms with E-state index in [0.29, 0.717) is 35.5 Å². The number of nitrogens with one attached hydrogen (secondary N) is 1. The summed E-state index contributed by atoms with van der Waals surface area (Å²) in [5, 5.41) is 4.02. The fraction of sp³-hybridized carbons (Fsp3) is 0.500. The van der Waals surface area contributed by atoms with Crippen molar-refractivity contribution in [1.29, 1.82) is 0 Å². The Morgan fingerprint density at radius 2 is 2.00 bits per heavy atom. The molecule has 1 aliphatic carbocycles. The van der Waals surface area contributed by atoms with Gasteiger partial charge in [-0.25, -0.2) is 9.97 Å². The standard InChI is InChI=1S/C32H37N7O4/c1-16-24-6-4-18-9-26(37(31(18)35-24)13-20-8-21(20)14-43-15-28(40)34-16)30-17(2)38-27(36-30)10-19(11-29(38)42-3)32(41)39-22-5-7-25(39)23(33)12-22/h4,6,9-11,16,20-23,25H,5,7-8,12-15,33H2,1-3H3,(H,34,40)/t16-,20+,21+,22+,23-,25-/m1/s1. The van der Waals surface area contributed by atoms with Crippen LogP contribution in [0.1, 0.15) is 60.4 Å². The van der Waals surface area contributed by atoms with Gasteiger partial charge in [0.05, 0.1) is 36.8 Å². The van der Waals surface area contributed by atoms with E-state index in [1.54, 1.807) is 7.11 Å². The molecule has 4 aromatic heterocycles. The summed E-state index contributed by atoms with van der Waals surface area (Å²) in [4.78, 5) is 38.4. The Bertz CT molecular complexity index is 1790. The Balaban J connectivity index is 1.24.